The van der Waals surface area contributed by atoms with E-state index >= 15 is 0 Å². The van der Waals surface area contributed by atoms with Crippen molar-refractivity contribution in [3.8, 4) is 11.1 Å². The van der Waals surface area contributed by atoms with Gasteiger partial charge in [-0.25, -0.2) is 0 Å². The average Bonchev–Trinajstić information content (AvgIpc) is 3.07. The number of aliphatic hydroxyl groups excluding tert-OH is 1. The van der Waals surface area contributed by atoms with Gasteiger partial charge in [0.2, 0.25) is 23.6 Å². The second-order valence-corrected chi connectivity index (χ2v) is 11.6. The van der Waals surface area contributed by atoms with Gasteiger partial charge in [-0.05, 0) is 53.6 Å². The zero-order chi connectivity index (χ0) is 35.3. The van der Waals surface area contributed by atoms with E-state index in [9.17, 15) is 42.3 Å². The average molecular weight is 688 g/mol. The van der Waals surface area contributed by atoms with Crippen molar-refractivity contribution in [1.82, 2.24) is 21.3 Å². The summed E-state index contributed by atoms with van der Waals surface area (Å²) in [7, 11) is 0. The fraction of sp³-hybridized carbons (Fsp3) is 0.303. The van der Waals surface area contributed by atoms with Crippen molar-refractivity contribution in [3.63, 3.8) is 0 Å². The largest absolute Gasteiger partial charge is 0.416 e. The van der Waals surface area contributed by atoms with Crippen molar-refractivity contribution < 1.29 is 42.3 Å². The molecule has 0 aliphatic heterocycles. The highest BCUT2D eigenvalue weighted by atomic mass is 32.2. The van der Waals surface area contributed by atoms with Crippen molar-refractivity contribution in [2.75, 3.05) is 19.3 Å². The normalized spacial score (nSPS) is 13.0. The molecule has 0 aliphatic rings. The van der Waals surface area contributed by atoms with E-state index in [1.165, 1.54) is 0 Å². The van der Waals surface area contributed by atoms with Gasteiger partial charge in [0.05, 0.1) is 19.1 Å². The highest BCUT2D eigenvalue weighted by Crippen LogP contribution is 2.25. The third-order valence-electron chi connectivity index (χ3n) is 7.10. The summed E-state index contributed by atoms with van der Waals surface area (Å²) in [6.45, 7) is -1.28. The summed E-state index contributed by atoms with van der Waals surface area (Å²) >= 11 is 1.63. The summed E-state index contributed by atoms with van der Waals surface area (Å²) in [5.74, 6) is -4.09. The minimum absolute atomic E-state index is 0.0125. The molecule has 48 heavy (non-hydrogen) atoms. The molecule has 0 spiro atoms. The molecule has 0 saturated heterocycles. The molecular formula is C33H36F3N5O6S. The lowest BCUT2D eigenvalue weighted by Crippen LogP contribution is -2.54. The zero-order valence-corrected chi connectivity index (χ0v) is 26.7. The molecule has 0 aliphatic carbocycles. The van der Waals surface area contributed by atoms with Crippen LogP contribution in [-0.4, -0.2) is 78.4 Å². The number of aliphatic hydroxyl groups is 1. The molecule has 3 atom stereocenters. The standard InChI is InChI=1S/C33H36F3N5O6S/c1-48-24-13-11-22(12-14-24)21-7-9-23(10-8-21)31(46)38-18-29(44)41-26(17-20-5-3-2-4-6-20)32(47)39-19-28(43)40-25(15-16-27(37)42)30(45)33(34,35)36/h2-14,25-26,30,45H,15-19H2,1H3,(H2,37,42)(H,38,46)(H,39,47)(H,40,43)(H,41,44)/t25?,26-,30?/m0/s1. The van der Waals surface area contributed by atoms with E-state index in [1.54, 1.807) is 66.4 Å². The van der Waals surface area contributed by atoms with Crippen LogP contribution in [0.15, 0.2) is 83.8 Å². The molecule has 3 aromatic rings. The van der Waals surface area contributed by atoms with Gasteiger partial charge in [-0.2, -0.15) is 13.2 Å². The minimum atomic E-state index is -5.09. The summed E-state index contributed by atoms with van der Waals surface area (Å²) in [6.07, 6.45) is -7.23. The van der Waals surface area contributed by atoms with E-state index in [2.05, 4.69) is 16.0 Å². The van der Waals surface area contributed by atoms with Crippen molar-refractivity contribution in [2.24, 2.45) is 5.73 Å². The van der Waals surface area contributed by atoms with Gasteiger partial charge in [-0.15, -0.1) is 11.8 Å². The Kier molecular flexibility index (Phi) is 14.0. The Morgan fingerprint density at radius 3 is 1.94 bits per heavy atom. The predicted molar refractivity (Wildman–Crippen MR) is 173 cm³/mol. The van der Waals surface area contributed by atoms with Crippen molar-refractivity contribution in [2.45, 2.75) is 48.5 Å². The molecule has 0 radical (unpaired) electrons. The third-order valence-corrected chi connectivity index (χ3v) is 7.85. The number of alkyl halides is 3. The quantitative estimate of drug-likeness (QED) is 0.125. The SMILES string of the molecule is CSc1ccc(-c2ccc(C(=O)NCC(=O)N[C@@H](Cc3ccccc3)C(=O)NCC(=O)NC(CCC(N)=O)C(O)C(F)(F)F)cc2)cc1. The topological polar surface area (TPSA) is 180 Å². The summed E-state index contributed by atoms with van der Waals surface area (Å²) in [5, 5.41) is 18.8. The number of carbonyl (C=O) groups is 5. The fourth-order valence-corrected chi connectivity index (χ4v) is 4.96. The van der Waals surface area contributed by atoms with E-state index in [0.29, 0.717) is 11.1 Å². The first kappa shape index (κ1) is 37.6. The molecule has 7 N–H and O–H groups in total. The Hall–Kier alpha value is -4.89. The molecular weight excluding hydrogens is 651 g/mol. The van der Waals surface area contributed by atoms with Gasteiger partial charge in [0.15, 0.2) is 6.10 Å². The van der Waals surface area contributed by atoms with E-state index in [-0.39, 0.29) is 6.42 Å². The molecule has 0 aromatic heterocycles. The van der Waals surface area contributed by atoms with Crippen LogP contribution in [0.25, 0.3) is 11.1 Å². The Labute approximate surface area is 279 Å². The second-order valence-electron chi connectivity index (χ2n) is 10.7. The number of nitrogens with one attached hydrogen (secondary N) is 4. The predicted octanol–water partition coefficient (Wildman–Crippen LogP) is 2.32. The molecule has 256 valence electrons. The van der Waals surface area contributed by atoms with E-state index in [0.717, 1.165) is 16.0 Å². The molecule has 15 heteroatoms. The Morgan fingerprint density at radius 1 is 0.812 bits per heavy atom. The first-order valence-electron chi connectivity index (χ1n) is 14.7. The lowest BCUT2D eigenvalue weighted by atomic mass is 10.0. The van der Waals surface area contributed by atoms with E-state index < -0.39 is 79.8 Å². The van der Waals surface area contributed by atoms with Crippen molar-refractivity contribution in [1.29, 1.82) is 0 Å². The molecule has 5 amide bonds. The minimum Gasteiger partial charge on any atom is -0.382 e. The number of thioether (sulfide) groups is 1. The van der Waals surface area contributed by atoms with Gasteiger partial charge in [0, 0.05) is 23.3 Å². The van der Waals surface area contributed by atoms with Crippen LogP contribution in [0.4, 0.5) is 13.2 Å². The summed E-state index contributed by atoms with van der Waals surface area (Å²) in [5.41, 5.74) is 7.82. The van der Waals surface area contributed by atoms with Crippen LogP contribution in [-0.2, 0) is 25.6 Å². The van der Waals surface area contributed by atoms with Gasteiger partial charge in [-0.1, -0.05) is 54.6 Å². The number of nitrogens with two attached hydrogens (primary N) is 1. The first-order valence-corrected chi connectivity index (χ1v) is 16.0. The van der Waals surface area contributed by atoms with Crippen LogP contribution < -0.4 is 27.0 Å². The monoisotopic (exact) mass is 687 g/mol. The van der Waals surface area contributed by atoms with Crippen molar-refractivity contribution in [3.05, 3.63) is 90.0 Å². The molecule has 0 bridgehead atoms. The van der Waals surface area contributed by atoms with Crippen LogP contribution in [0.2, 0.25) is 0 Å². The number of amides is 5. The maximum absolute atomic E-state index is 13.1. The van der Waals surface area contributed by atoms with Crippen LogP contribution in [0, 0.1) is 0 Å². The van der Waals surface area contributed by atoms with Crippen LogP contribution in [0.3, 0.4) is 0 Å². The highest BCUT2D eigenvalue weighted by molar-refractivity contribution is 7.98. The number of benzene rings is 3. The van der Waals surface area contributed by atoms with Gasteiger partial charge in [0.1, 0.15) is 6.04 Å². The second kappa shape index (κ2) is 17.9. The number of hydrogen-bond acceptors (Lipinski definition) is 7. The summed E-state index contributed by atoms with van der Waals surface area (Å²) < 4.78 is 39.2. The maximum atomic E-state index is 13.1. The highest BCUT2D eigenvalue weighted by Gasteiger charge is 2.44. The zero-order valence-electron chi connectivity index (χ0n) is 25.9. The van der Waals surface area contributed by atoms with Crippen LogP contribution >= 0.6 is 11.8 Å². The molecule has 3 rings (SSSR count). The van der Waals surface area contributed by atoms with Gasteiger partial charge < -0.3 is 32.1 Å². The van der Waals surface area contributed by atoms with E-state index in [4.69, 9.17) is 5.73 Å². The van der Waals surface area contributed by atoms with Crippen LogP contribution in [0.5, 0.6) is 0 Å². The Morgan fingerprint density at radius 2 is 1.38 bits per heavy atom. The third kappa shape index (κ3) is 12.0. The molecule has 2 unspecified atom stereocenters. The van der Waals surface area contributed by atoms with E-state index in [1.807, 2.05) is 35.8 Å². The lowest BCUT2D eigenvalue weighted by molar-refractivity contribution is -0.212. The van der Waals surface area contributed by atoms with Crippen LogP contribution in [0.1, 0.15) is 28.8 Å². The first-order chi connectivity index (χ1) is 22.8. The number of rotatable bonds is 16. The lowest BCUT2D eigenvalue weighted by Gasteiger charge is -2.26. The molecule has 0 fully saturated rings. The number of carbonyl (C=O) groups excluding carboxylic acids is 5. The van der Waals surface area contributed by atoms with Gasteiger partial charge >= 0.3 is 6.18 Å². The molecule has 11 nitrogen and oxygen atoms in total. The van der Waals surface area contributed by atoms with Gasteiger partial charge in [0.25, 0.3) is 5.91 Å². The number of primary amides is 1. The Bertz CT molecular complexity index is 1560. The molecule has 3 aromatic carbocycles. The Balaban J connectivity index is 1.59. The molecule has 0 heterocycles. The maximum Gasteiger partial charge on any atom is 0.416 e. The molecule has 0 saturated carbocycles. The number of halogens is 3. The summed E-state index contributed by atoms with van der Waals surface area (Å²) in [4.78, 5) is 63.2. The smallest absolute Gasteiger partial charge is 0.382 e. The summed E-state index contributed by atoms with van der Waals surface area (Å²) in [6, 6.07) is 20.2. The fourth-order valence-electron chi connectivity index (χ4n) is 4.55. The number of hydrogen-bond donors (Lipinski definition) is 6. The van der Waals surface area contributed by atoms with Gasteiger partial charge in [-0.3, -0.25) is 24.0 Å². The van der Waals surface area contributed by atoms with Crippen molar-refractivity contribution >= 4 is 41.3 Å².